The molecular weight excluding hydrogens is 230 g/mol. The molecule has 98 valence electrons. The molecule has 0 spiro atoms. The van der Waals surface area contributed by atoms with Crippen LogP contribution in [0.5, 0.6) is 5.75 Å². The van der Waals surface area contributed by atoms with Crippen LogP contribution in [0.1, 0.15) is 24.3 Å². The van der Waals surface area contributed by atoms with Gasteiger partial charge in [-0.15, -0.1) is 0 Å². The number of methoxy groups -OCH3 is 1. The highest BCUT2D eigenvalue weighted by Gasteiger charge is 2.32. The first-order valence-corrected chi connectivity index (χ1v) is 6.30. The molecule has 1 fully saturated rings. The topological polar surface area (TPSA) is 58.6 Å². The zero-order chi connectivity index (χ0) is 13.0. The Bertz CT molecular complexity index is 413. The number of aliphatic carboxylic acids is 1. The van der Waals surface area contributed by atoms with Gasteiger partial charge in [0.25, 0.3) is 0 Å². The van der Waals surface area contributed by atoms with E-state index in [-0.39, 0.29) is 5.92 Å². The maximum atomic E-state index is 11.6. The Morgan fingerprint density at radius 2 is 2.28 bits per heavy atom. The molecule has 1 saturated heterocycles. The monoisotopic (exact) mass is 249 g/mol. The number of nitrogens with one attached hydrogen (secondary N) is 1. The van der Waals surface area contributed by atoms with Gasteiger partial charge in [0.05, 0.1) is 13.0 Å². The maximum absolute atomic E-state index is 11.6. The van der Waals surface area contributed by atoms with Crippen LogP contribution in [-0.2, 0) is 4.79 Å². The fourth-order valence-electron chi connectivity index (χ4n) is 2.68. The number of rotatable bonds is 4. The first-order chi connectivity index (χ1) is 8.74. The molecule has 0 saturated carbocycles. The molecule has 1 aromatic rings. The average Bonchev–Trinajstić information content (AvgIpc) is 2.40. The van der Waals surface area contributed by atoms with E-state index in [4.69, 9.17) is 4.74 Å². The largest absolute Gasteiger partial charge is 0.496 e. The van der Waals surface area contributed by atoms with E-state index in [1.807, 2.05) is 24.3 Å². The molecule has 2 atom stereocenters. The second kappa shape index (κ2) is 5.87. The summed E-state index contributed by atoms with van der Waals surface area (Å²) >= 11 is 0. The molecule has 4 nitrogen and oxygen atoms in total. The molecule has 18 heavy (non-hydrogen) atoms. The molecule has 0 bridgehead atoms. The van der Waals surface area contributed by atoms with Crippen molar-refractivity contribution in [3.63, 3.8) is 0 Å². The molecule has 1 aliphatic rings. The first kappa shape index (κ1) is 12.9. The third-order valence-corrected chi connectivity index (χ3v) is 3.55. The van der Waals surface area contributed by atoms with Gasteiger partial charge in [-0.1, -0.05) is 18.2 Å². The summed E-state index contributed by atoms with van der Waals surface area (Å²) in [6, 6.07) is 7.40. The summed E-state index contributed by atoms with van der Waals surface area (Å²) in [5.74, 6) is -0.467. The highest BCUT2D eigenvalue weighted by atomic mass is 16.5. The lowest BCUT2D eigenvalue weighted by Gasteiger charge is -2.29. The van der Waals surface area contributed by atoms with Gasteiger partial charge in [0.1, 0.15) is 5.75 Å². The minimum atomic E-state index is -0.770. The molecule has 2 rings (SSSR count). The van der Waals surface area contributed by atoms with Crippen molar-refractivity contribution in [1.82, 2.24) is 5.32 Å². The van der Waals surface area contributed by atoms with E-state index in [9.17, 15) is 9.90 Å². The quantitative estimate of drug-likeness (QED) is 0.855. The van der Waals surface area contributed by atoms with E-state index in [0.717, 1.165) is 31.5 Å². The minimum Gasteiger partial charge on any atom is -0.496 e. The molecule has 4 heteroatoms. The first-order valence-electron chi connectivity index (χ1n) is 6.30. The van der Waals surface area contributed by atoms with Gasteiger partial charge < -0.3 is 15.2 Å². The summed E-state index contributed by atoms with van der Waals surface area (Å²) in [5.41, 5.74) is 0.779. The Morgan fingerprint density at radius 3 is 2.89 bits per heavy atom. The molecule has 2 unspecified atom stereocenters. The van der Waals surface area contributed by atoms with Crippen molar-refractivity contribution in [2.75, 3.05) is 20.2 Å². The van der Waals surface area contributed by atoms with Crippen LogP contribution in [0.2, 0.25) is 0 Å². The third kappa shape index (κ3) is 2.64. The molecule has 0 aliphatic carbocycles. The highest BCUT2D eigenvalue weighted by molar-refractivity contribution is 5.77. The Morgan fingerprint density at radius 1 is 1.50 bits per heavy atom. The Balaban J connectivity index is 2.31. The highest BCUT2D eigenvalue weighted by Crippen LogP contribution is 2.35. The van der Waals surface area contributed by atoms with E-state index < -0.39 is 11.9 Å². The standard InChI is InChI=1S/C14H19NO3/c1-18-12-7-3-2-6-11(12)13(14(16)17)10-5-4-8-15-9-10/h2-3,6-7,10,13,15H,4-5,8-9H2,1H3,(H,16,17). The summed E-state index contributed by atoms with van der Waals surface area (Å²) in [7, 11) is 1.58. The van der Waals surface area contributed by atoms with E-state index >= 15 is 0 Å². The number of benzene rings is 1. The molecule has 1 aliphatic heterocycles. The van der Waals surface area contributed by atoms with E-state index in [0.29, 0.717) is 5.75 Å². The zero-order valence-electron chi connectivity index (χ0n) is 10.6. The Labute approximate surface area is 107 Å². The lowest BCUT2D eigenvalue weighted by molar-refractivity contribution is -0.140. The zero-order valence-corrected chi connectivity index (χ0v) is 10.6. The molecule has 2 N–H and O–H groups in total. The molecule has 1 aromatic carbocycles. The fraction of sp³-hybridized carbons (Fsp3) is 0.500. The fourth-order valence-corrected chi connectivity index (χ4v) is 2.68. The normalized spacial score (nSPS) is 21.3. The number of hydrogen-bond donors (Lipinski definition) is 2. The summed E-state index contributed by atoms with van der Waals surface area (Å²) in [6.45, 7) is 1.74. The second-order valence-corrected chi connectivity index (χ2v) is 4.66. The molecule has 0 radical (unpaired) electrons. The van der Waals surface area contributed by atoms with Crippen molar-refractivity contribution in [3.05, 3.63) is 29.8 Å². The Hall–Kier alpha value is -1.55. The van der Waals surface area contributed by atoms with Crippen LogP contribution in [-0.4, -0.2) is 31.3 Å². The molecule has 0 aromatic heterocycles. The van der Waals surface area contributed by atoms with Gasteiger partial charge in [-0.3, -0.25) is 4.79 Å². The van der Waals surface area contributed by atoms with Crippen LogP contribution >= 0.6 is 0 Å². The van der Waals surface area contributed by atoms with Crippen LogP contribution < -0.4 is 10.1 Å². The van der Waals surface area contributed by atoms with Gasteiger partial charge in [-0.25, -0.2) is 0 Å². The van der Waals surface area contributed by atoms with Gasteiger partial charge in [0.15, 0.2) is 0 Å². The second-order valence-electron chi connectivity index (χ2n) is 4.66. The number of carbonyl (C=O) groups is 1. The number of piperidine rings is 1. The van der Waals surface area contributed by atoms with E-state index in [2.05, 4.69) is 5.32 Å². The van der Waals surface area contributed by atoms with Gasteiger partial charge in [-0.05, 0) is 37.9 Å². The third-order valence-electron chi connectivity index (χ3n) is 3.55. The van der Waals surface area contributed by atoms with Crippen molar-refractivity contribution in [3.8, 4) is 5.75 Å². The summed E-state index contributed by atoms with van der Waals surface area (Å²) in [5, 5.41) is 12.8. The van der Waals surface area contributed by atoms with E-state index in [1.165, 1.54) is 0 Å². The summed E-state index contributed by atoms with van der Waals surface area (Å²) < 4.78 is 5.28. The summed E-state index contributed by atoms with van der Waals surface area (Å²) in [4.78, 5) is 11.6. The van der Waals surface area contributed by atoms with Gasteiger partial charge >= 0.3 is 5.97 Å². The lowest BCUT2D eigenvalue weighted by atomic mass is 9.81. The number of ether oxygens (including phenoxy) is 1. The van der Waals surface area contributed by atoms with Crippen LogP contribution in [0.3, 0.4) is 0 Å². The summed E-state index contributed by atoms with van der Waals surface area (Å²) in [6.07, 6.45) is 1.98. The lowest BCUT2D eigenvalue weighted by Crippen LogP contribution is -2.36. The van der Waals surface area contributed by atoms with Gasteiger partial charge in [0.2, 0.25) is 0 Å². The van der Waals surface area contributed by atoms with Crippen LogP contribution in [0.4, 0.5) is 0 Å². The molecular formula is C14H19NO3. The number of para-hydroxylation sites is 1. The van der Waals surface area contributed by atoms with Gasteiger partial charge in [0, 0.05) is 5.56 Å². The predicted molar refractivity (Wildman–Crippen MR) is 69.0 cm³/mol. The number of carboxylic acid groups (broad SMARTS) is 1. The van der Waals surface area contributed by atoms with Crippen molar-refractivity contribution < 1.29 is 14.6 Å². The average molecular weight is 249 g/mol. The molecule has 0 amide bonds. The number of hydrogen-bond acceptors (Lipinski definition) is 3. The maximum Gasteiger partial charge on any atom is 0.311 e. The van der Waals surface area contributed by atoms with Crippen LogP contribution in [0.25, 0.3) is 0 Å². The van der Waals surface area contributed by atoms with Crippen molar-refractivity contribution in [1.29, 1.82) is 0 Å². The van der Waals surface area contributed by atoms with Crippen LogP contribution in [0.15, 0.2) is 24.3 Å². The Kier molecular flexibility index (Phi) is 4.20. The van der Waals surface area contributed by atoms with E-state index in [1.54, 1.807) is 7.11 Å². The number of carboxylic acids is 1. The van der Waals surface area contributed by atoms with Crippen molar-refractivity contribution in [2.24, 2.45) is 5.92 Å². The van der Waals surface area contributed by atoms with Crippen molar-refractivity contribution >= 4 is 5.97 Å². The molecule has 1 heterocycles. The van der Waals surface area contributed by atoms with Crippen molar-refractivity contribution in [2.45, 2.75) is 18.8 Å². The van der Waals surface area contributed by atoms with Crippen LogP contribution in [0, 0.1) is 5.92 Å². The SMILES string of the molecule is COc1ccccc1C(C(=O)O)C1CCCNC1. The predicted octanol–water partition coefficient (Wildman–Crippen LogP) is 1.86. The smallest absolute Gasteiger partial charge is 0.311 e. The van der Waals surface area contributed by atoms with Gasteiger partial charge in [-0.2, -0.15) is 0 Å². The minimum absolute atomic E-state index is 0.132.